The Bertz CT molecular complexity index is 1030. The van der Waals surface area contributed by atoms with E-state index in [0.29, 0.717) is 5.56 Å². The SMILES string of the molecule is COc1c(-c2cccs2)ccc(CS(=O)(=O)c2ccccc2)c1C(=O)O.Cl. The predicted molar refractivity (Wildman–Crippen MR) is 108 cm³/mol. The quantitative estimate of drug-likeness (QED) is 0.629. The summed E-state index contributed by atoms with van der Waals surface area (Å²) in [7, 11) is -2.29. The zero-order chi connectivity index (χ0) is 18.7. The van der Waals surface area contributed by atoms with Gasteiger partial charge in [0.1, 0.15) is 11.3 Å². The molecule has 3 aromatic rings. The number of methoxy groups -OCH3 is 1. The molecule has 142 valence electrons. The maximum absolute atomic E-state index is 12.7. The van der Waals surface area contributed by atoms with Crippen LogP contribution < -0.4 is 4.74 Å². The van der Waals surface area contributed by atoms with Crippen molar-refractivity contribution in [3.63, 3.8) is 0 Å². The highest BCUT2D eigenvalue weighted by atomic mass is 35.5. The molecule has 1 N–H and O–H groups in total. The van der Waals surface area contributed by atoms with E-state index in [0.717, 1.165) is 4.88 Å². The number of carboxylic acids is 1. The first-order valence-electron chi connectivity index (χ1n) is 7.69. The molecule has 5 nitrogen and oxygen atoms in total. The summed E-state index contributed by atoms with van der Waals surface area (Å²) in [6, 6.07) is 14.9. The maximum atomic E-state index is 12.7. The van der Waals surface area contributed by atoms with Gasteiger partial charge in [0.2, 0.25) is 0 Å². The van der Waals surface area contributed by atoms with Gasteiger partial charge in [0, 0.05) is 10.4 Å². The number of ether oxygens (including phenoxy) is 1. The zero-order valence-electron chi connectivity index (χ0n) is 14.3. The number of aromatic carboxylic acids is 1. The standard InChI is InChI=1S/C19H16O5S2.ClH/c1-24-18-15(16-8-5-11-25-16)10-9-13(17(18)19(20)21)12-26(22,23)14-6-3-2-4-7-14;/h2-11H,12H2,1H3,(H,20,21);1H. The van der Waals surface area contributed by atoms with Crippen LogP contribution in [0, 0.1) is 0 Å². The van der Waals surface area contributed by atoms with Crippen LogP contribution in [0.1, 0.15) is 15.9 Å². The van der Waals surface area contributed by atoms with E-state index >= 15 is 0 Å². The highest BCUT2D eigenvalue weighted by Gasteiger charge is 2.25. The van der Waals surface area contributed by atoms with Crippen molar-refractivity contribution >= 4 is 39.6 Å². The summed E-state index contributed by atoms with van der Waals surface area (Å²) >= 11 is 1.45. The summed E-state index contributed by atoms with van der Waals surface area (Å²) in [5.74, 6) is -1.47. The number of carboxylic acid groups (broad SMARTS) is 1. The fraction of sp³-hybridized carbons (Fsp3) is 0.105. The third kappa shape index (κ3) is 4.32. The second-order valence-electron chi connectivity index (χ2n) is 5.54. The smallest absolute Gasteiger partial charge is 0.339 e. The number of carbonyl (C=O) groups is 1. The number of halogens is 1. The van der Waals surface area contributed by atoms with Gasteiger partial charge in [-0.2, -0.15) is 0 Å². The molecule has 1 heterocycles. The largest absolute Gasteiger partial charge is 0.495 e. The number of thiophene rings is 1. The van der Waals surface area contributed by atoms with Crippen molar-refractivity contribution in [3.05, 3.63) is 71.1 Å². The molecule has 0 spiro atoms. The van der Waals surface area contributed by atoms with E-state index in [9.17, 15) is 18.3 Å². The fourth-order valence-corrected chi connectivity index (χ4v) is 4.87. The van der Waals surface area contributed by atoms with Gasteiger partial charge in [0.15, 0.2) is 9.84 Å². The predicted octanol–water partition coefficient (Wildman–Crippen LogP) is 4.52. The lowest BCUT2D eigenvalue weighted by molar-refractivity contribution is 0.0692. The number of benzene rings is 2. The Morgan fingerprint density at radius 1 is 1.07 bits per heavy atom. The number of hydrogen-bond acceptors (Lipinski definition) is 5. The molecule has 0 atom stereocenters. The van der Waals surface area contributed by atoms with Crippen molar-refractivity contribution in [2.75, 3.05) is 7.11 Å². The van der Waals surface area contributed by atoms with E-state index in [1.165, 1.54) is 30.6 Å². The second kappa shape index (κ2) is 8.56. The van der Waals surface area contributed by atoms with Gasteiger partial charge in [-0.05, 0) is 35.2 Å². The average molecular weight is 425 g/mol. The van der Waals surface area contributed by atoms with Crippen molar-refractivity contribution in [1.82, 2.24) is 0 Å². The summed E-state index contributed by atoms with van der Waals surface area (Å²) in [5, 5.41) is 11.6. The molecule has 0 unspecified atom stereocenters. The lowest BCUT2D eigenvalue weighted by Gasteiger charge is -2.15. The topological polar surface area (TPSA) is 80.7 Å². The Balaban J connectivity index is 0.00000261. The average Bonchev–Trinajstić information content (AvgIpc) is 3.15. The first-order valence-corrected chi connectivity index (χ1v) is 10.2. The molecule has 0 fully saturated rings. The Morgan fingerprint density at radius 3 is 2.33 bits per heavy atom. The molecule has 3 rings (SSSR count). The highest BCUT2D eigenvalue weighted by Crippen LogP contribution is 2.38. The van der Waals surface area contributed by atoms with E-state index in [1.54, 1.807) is 30.3 Å². The Labute approximate surface area is 167 Å². The first kappa shape index (κ1) is 21.0. The minimum absolute atomic E-state index is 0. The molecule has 0 amide bonds. The molecule has 0 aliphatic heterocycles. The van der Waals surface area contributed by atoms with E-state index in [4.69, 9.17) is 4.74 Å². The second-order valence-corrected chi connectivity index (χ2v) is 8.47. The lowest BCUT2D eigenvalue weighted by Crippen LogP contribution is -2.11. The lowest BCUT2D eigenvalue weighted by atomic mass is 10.0. The summed E-state index contributed by atoms with van der Waals surface area (Å²) < 4.78 is 30.7. The van der Waals surface area contributed by atoms with Gasteiger partial charge in [-0.1, -0.05) is 30.3 Å². The number of rotatable bonds is 6. The van der Waals surface area contributed by atoms with Crippen LogP contribution in [0.2, 0.25) is 0 Å². The van der Waals surface area contributed by atoms with Crippen LogP contribution in [0.15, 0.2) is 64.9 Å². The Hall–Kier alpha value is -2.35. The van der Waals surface area contributed by atoms with Crippen molar-refractivity contribution < 1.29 is 23.1 Å². The van der Waals surface area contributed by atoms with Crippen LogP contribution in [0.3, 0.4) is 0 Å². The van der Waals surface area contributed by atoms with E-state index < -0.39 is 21.6 Å². The molecular weight excluding hydrogens is 408 g/mol. The molecule has 0 radical (unpaired) electrons. The minimum Gasteiger partial charge on any atom is -0.495 e. The van der Waals surface area contributed by atoms with Gasteiger partial charge in [-0.15, -0.1) is 23.7 Å². The summed E-state index contributed by atoms with van der Waals surface area (Å²) in [4.78, 5) is 12.9. The van der Waals surface area contributed by atoms with Crippen LogP contribution in [0.4, 0.5) is 0 Å². The molecule has 0 aliphatic carbocycles. The third-order valence-electron chi connectivity index (χ3n) is 3.90. The Kier molecular flexibility index (Phi) is 6.64. The summed E-state index contributed by atoms with van der Waals surface area (Å²) in [6.07, 6.45) is 0. The molecule has 0 bridgehead atoms. The van der Waals surface area contributed by atoms with Crippen molar-refractivity contribution in [1.29, 1.82) is 0 Å². The van der Waals surface area contributed by atoms with Crippen LogP contribution in [0.25, 0.3) is 10.4 Å². The van der Waals surface area contributed by atoms with Gasteiger partial charge in [-0.25, -0.2) is 13.2 Å². The van der Waals surface area contributed by atoms with Crippen LogP contribution in [0.5, 0.6) is 5.75 Å². The first-order chi connectivity index (χ1) is 12.4. The van der Waals surface area contributed by atoms with Crippen molar-refractivity contribution in [2.24, 2.45) is 0 Å². The number of hydrogen-bond donors (Lipinski definition) is 1. The zero-order valence-corrected chi connectivity index (χ0v) is 16.7. The van der Waals surface area contributed by atoms with Gasteiger partial charge in [0.05, 0.1) is 17.8 Å². The normalized spacial score (nSPS) is 10.9. The van der Waals surface area contributed by atoms with Crippen LogP contribution >= 0.6 is 23.7 Å². The number of sulfone groups is 1. The molecule has 1 aromatic heterocycles. The third-order valence-corrected chi connectivity index (χ3v) is 6.48. The van der Waals surface area contributed by atoms with Gasteiger partial charge < -0.3 is 9.84 Å². The Morgan fingerprint density at radius 2 is 1.78 bits per heavy atom. The van der Waals surface area contributed by atoms with E-state index in [2.05, 4.69) is 0 Å². The molecule has 0 saturated heterocycles. The van der Waals surface area contributed by atoms with Gasteiger partial charge >= 0.3 is 5.97 Å². The molecule has 8 heteroatoms. The molecule has 2 aromatic carbocycles. The fourth-order valence-electron chi connectivity index (χ4n) is 2.73. The molecule has 0 aliphatic rings. The van der Waals surface area contributed by atoms with E-state index in [-0.39, 0.29) is 34.2 Å². The highest BCUT2D eigenvalue weighted by molar-refractivity contribution is 7.90. The summed E-state index contributed by atoms with van der Waals surface area (Å²) in [5.41, 5.74) is 0.692. The van der Waals surface area contributed by atoms with E-state index in [1.807, 2.05) is 17.5 Å². The minimum atomic E-state index is -3.68. The summed E-state index contributed by atoms with van der Waals surface area (Å²) in [6.45, 7) is 0. The van der Waals surface area contributed by atoms with Gasteiger partial charge in [0.25, 0.3) is 0 Å². The van der Waals surface area contributed by atoms with Crippen LogP contribution in [-0.2, 0) is 15.6 Å². The van der Waals surface area contributed by atoms with Crippen molar-refractivity contribution in [2.45, 2.75) is 10.6 Å². The molecule has 27 heavy (non-hydrogen) atoms. The monoisotopic (exact) mass is 424 g/mol. The van der Waals surface area contributed by atoms with Gasteiger partial charge in [-0.3, -0.25) is 0 Å². The molecule has 0 saturated carbocycles. The van der Waals surface area contributed by atoms with Crippen LogP contribution in [-0.4, -0.2) is 26.6 Å². The van der Waals surface area contributed by atoms with Crippen molar-refractivity contribution in [3.8, 4) is 16.2 Å². The maximum Gasteiger partial charge on any atom is 0.339 e. The molecular formula is C19H17ClO5S2.